The third-order valence-corrected chi connectivity index (χ3v) is 4.18. The van der Waals surface area contributed by atoms with Gasteiger partial charge in [-0.2, -0.15) is 10.2 Å². The van der Waals surface area contributed by atoms with Gasteiger partial charge in [-0.25, -0.2) is 4.98 Å². The maximum atomic E-state index is 12.6. The molecule has 2 aromatic heterocycles. The smallest absolute Gasteiger partial charge is 0.273 e. The molecule has 8 nitrogen and oxygen atoms in total. The van der Waals surface area contributed by atoms with E-state index in [1.807, 2.05) is 49.4 Å². The van der Waals surface area contributed by atoms with E-state index in [0.717, 1.165) is 17.0 Å². The number of anilines is 1. The van der Waals surface area contributed by atoms with E-state index in [4.69, 9.17) is 4.74 Å². The van der Waals surface area contributed by atoms with Crippen LogP contribution in [0.2, 0.25) is 0 Å². The maximum absolute atomic E-state index is 12.6. The van der Waals surface area contributed by atoms with Crippen molar-refractivity contribution in [2.24, 2.45) is 0 Å². The molecule has 2 heterocycles. The molecule has 0 aliphatic carbocycles. The molecule has 140 valence electrons. The summed E-state index contributed by atoms with van der Waals surface area (Å²) in [5, 5.41) is 16.8. The van der Waals surface area contributed by atoms with Crippen molar-refractivity contribution in [3.63, 3.8) is 0 Å². The number of nitrogens with zero attached hydrogens (tertiary/aromatic N) is 3. The molecular formula is C20H18N6O2. The van der Waals surface area contributed by atoms with Crippen LogP contribution in [0.25, 0.3) is 22.6 Å². The summed E-state index contributed by atoms with van der Waals surface area (Å²) >= 11 is 0. The van der Waals surface area contributed by atoms with Crippen molar-refractivity contribution in [2.75, 3.05) is 12.4 Å². The fourth-order valence-corrected chi connectivity index (χ4v) is 2.84. The van der Waals surface area contributed by atoms with Crippen molar-refractivity contribution in [3.05, 3.63) is 66.1 Å². The molecule has 0 bridgehead atoms. The molecule has 0 spiro atoms. The number of ether oxygens (including phenoxy) is 1. The van der Waals surface area contributed by atoms with E-state index in [2.05, 4.69) is 30.7 Å². The van der Waals surface area contributed by atoms with Crippen molar-refractivity contribution in [2.45, 2.75) is 6.92 Å². The SMILES string of the molecule is COc1ccccc1-c1cc(C(=O)Nc2cccc(-c3n[nH]c(C)n3)c2)[nH]n1. The van der Waals surface area contributed by atoms with Crippen LogP contribution in [-0.4, -0.2) is 38.4 Å². The molecular weight excluding hydrogens is 356 g/mol. The van der Waals surface area contributed by atoms with E-state index in [1.165, 1.54) is 0 Å². The van der Waals surface area contributed by atoms with Gasteiger partial charge in [0.1, 0.15) is 17.3 Å². The number of benzene rings is 2. The molecule has 0 aliphatic rings. The van der Waals surface area contributed by atoms with Crippen LogP contribution in [0.3, 0.4) is 0 Å². The van der Waals surface area contributed by atoms with Crippen molar-refractivity contribution in [3.8, 4) is 28.4 Å². The molecule has 0 atom stereocenters. The number of carbonyl (C=O) groups is 1. The van der Waals surface area contributed by atoms with Gasteiger partial charge in [0.15, 0.2) is 5.82 Å². The Bertz CT molecular complexity index is 1130. The molecule has 4 rings (SSSR count). The van der Waals surface area contributed by atoms with E-state index in [9.17, 15) is 4.79 Å². The number of rotatable bonds is 5. The zero-order valence-corrected chi connectivity index (χ0v) is 15.4. The summed E-state index contributed by atoms with van der Waals surface area (Å²) in [6.07, 6.45) is 0. The summed E-state index contributed by atoms with van der Waals surface area (Å²) < 4.78 is 5.35. The lowest BCUT2D eigenvalue weighted by atomic mass is 10.1. The van der Waals surface area contributed by atoms with E-state index < -0.39 is 0 Å². The number of nitrogens with one attached hydrogen (secondary N) is 3. The summed E-state index contributed by atoms with van der Waals surface area (Å²) in [6.45, 7) is 1.83. The standard InChI is InChI=1S/C20H18N6O2/c1-12-21-19(26-23-12)13-6-5-7-14(10-13)22-20(27)17-11-16(24-25-17)15-8-3-4-9-18(15)28-2/h3-11H,1-2H3,(H,22,27)(H,24,25)(H,21,23,26). The van der Waals surface area contributed by atoms with Gasteiger partial charge in [0.05, 0.1) is 12.8 Å². The fourth-order valence-electron chi connectivity index (χ4n) is 2.84. The number of methoxy groups -OCH3 is 1. The minimum absolute atomic E-state index is 0.294. The first-order valence-electron chi connectivity index (χ1n) is 8.63. The zero-order valence-electron chi connectivity index (χ0n) is 15.4. The summed E-state index contributed by atoms with van der Waals surface area (Å²) in [5.41, 5.74) is 3.23. The van der Waals surface area contributed by atoms with Crippen LogP contribution < -0.4 is 10.1 Å². The summed E-state index contributed by atoms with van der Waals surface area (Å²) in [5.74, 6) is 1.70. The lowest BCUT2D eigenvalue weighted by Gasteiger charge is -2.05. The van der Waals surface area contributed by atoms with Crippen LogP contribution in [0.15, 0.2) is 54.6 Å². The van der Waals surface area contributed by atoms with Gasteiger partial charge in [-0.05, 0) is 37.3 Å². The van der Waals surface area contributed by atoms with Gasteiger partial charge >= 0.3 is 0 Å². The predicted octanol–water partition coefficient (Wildman–Crippen LogP) is 3.43. The lowest BCUT2D eigenvalue weighted by Crippen LogP contribution is -2.12. The second-order valence-electron chi connectivity index (χ2n) is 6.15. The van der Waals surface area contributed by atoms with Gasteiger partial charge < -0.3 is 10.1 Å². The highest BCUT2D eigenvalue weighted by molar-refractivity contribution is 6.03. The molecule has 0 saturated heterocycles. The van der Waals surface area contributed by atoms with Gasteiger partial charge in [0.25, 0.3) is 5.91 Å². The largest absolute Gasteiger partial charge is 0.496 e. The highest BCUT2D eigenvalue weighted by atomic mass is 16.5. The van der Waals surface area contributed by atoms with Crippen molar-refractivity contribution in [1.82, 2.24) is 25.4 Å². The van der Waals surface area contributed by atoms with Crippen LogP contribution in [0.5, 0.6) is 5.75 Å². The molecule has 0 fully saturated rings. The third kappa shape index (κ3) is 3.48. The monoisotopic (exact) mass is 374 g/mol. The number of aromatic nitrogens is 5. The summed E-state index contributed by atoms with van der Waals surface area (Å²) in [4.78, 5) is 16.9. The number of aryl methyl sites for hydroxylation is 1. The topological polar surface area (TPSA) is 109 Å². The van der Waals surface area contributed by atoms with Crippen molar-refractivity contribution >= 4 is 11.6 Å². The van der Waals surface area contributed by atoms with E-state index >= 15 is 0 Å². The number of carbonyl (C=O) groups excluding carboxylic acids is 1. The van der Waals surface area contributed by atoms with E-state index in [1.54, 1.807) is 19.2 Å². The first-order chi connectivity index (χ1) is 13.6. The highest BCUT2D eigenvalue weighted by Crippen LogP contribution is 2.28. The first kappa shape index (κ1) is 17.5. The molecule has 3 N–H and O–H groups in total. The average molecular weight is 374 g/mol. The van der Waals surface area contributed by atoms with Gasteiger partial charge in [-0.3, -0.25) is 15.0 Å². The minimum atomic E-state index is -0.294. The van der Waals surface area contributed by atoms with E-state index in [-0.39, 0.29) is 5.91 Å². The molecule has 8 heteroatoms. The number of amides is 1. The third-order valence-electron chi connectivity index (χ3n) is 4.18. The molecule has 0 unspecified atom stereocenters. The number of hydrogen-bond donors (Lipinski definition) is 3. The molecule has 0 radical (unpaired) electrons. The maximum Gasteiger partial charge on any atom is 0.273 e. The Labute approximate surface area is 161 Å². The summed E-state index contributed by atoms with van der Waals surface area (Å²) in [7, 11) is 1.60. The van der Waals surface area contributed by atoms with Gasteiger partial charge in [-0.1, -0.05) is 24.3 Å². The first-order valence-corrected chi connectivity index (χ1v) is 8.63. The highest BCUT2D eigenvalue weighted by Gasteiger charge is 2.14. The Morgan fingerprint density at radius 2 is 1.89 bits per heavy atom. The normalized spacial score (nSPS) is 10.6. The second kappa shape index (κ2) is 7.36. The Hall–Kier alpha value is -3.94. The molecule has 0 aliphatic heterocycles. The number of hydrogen-bond acceptors (Lipinski definition) is 5. The zero-order chi connectivity index (χ0) is 19.5. The van der Waals surface area contributed by atoms with Gasteiger partial charge in [0, 0.05) is 16.8 Å². The Kier molecular flexibility index (Phi) is 4.59. The Balaban J connectivity index is 1.54. The van der Waals surface area contributed by atoms with Crippen LogP contribution in [-0.2, 0) is 0 Å². The van der Waals surface area contributed by atoms with Gasteiger partial charge in [0.2, 0.25) is 0 Å². The van der Waals surface area contributed by atoms with Gasteiger partial charge in [-0.15, -0.1) is 0 Å². The quantitative estimate of drug-likeness (QED) is 0.496. The van der Waals surface area contributed by atoms with Crippen LogP contribution in [0.1, 0.15) is 16.3 Å². The van der Waals surface area contributed by atoms with E-state index in [0.29, 0.717) is 28.6 Å². The van der Waals surface area contributed by atoms with Crippen LogP contribution in [0, 0.1) is 6.92 Å². The average Bonchev–Trinajstić information content (AvgIpc) is 3.37. The second-order valence-corrected chi connectivity index (χ2v) is 6.15. The predicted molar refractivity (Wildman–Crippen MR) is 105 cm³/mol. The minimum Gasteiger partial charge on any atom is -0.496 e. The Morgan fingerprint density at radius 1 is 1.04 bits per heavy atom. The molecule has 4 aromatic rings. The van der Waals surface area contributed by atoms with Crippen molar-refractivity contribution in [1.29, 1.82) is 0 Å². The molecule has 2 aromatic carbocycles. The molecule has 1 amide bonds. The number of H-pyrrole nitrogens is 2. The molecule has 0 saturated carbocycles. The number of para-hydroxylation sites is 1. The van der Waals surface area contributed by atoms with Crippen LogP contribution in [0.4, 0.5) is 5.69 Å². The molecule has 28 heavy (non-hydrogen) atoms. The summed E-state index contributed by atoms with van der Waals surface area (Å²) in [6, 6.07) is 16.5. The fraction of sp³-hybridized carbons (Fsp3) is 0.100. The van der Waals surface area contributed by atoms with Crippen molar-refractivity contribution < 1.29 is 9.53 Å². The number of aromatic amines is 2. The van der Waals surface area contributed by atoms with Crippen LogP contribution >= 0.6 is 0 Å². The lowest BCUT2D eigenvalue weighted by molar-refractivity contribution is 0.102. The Morgan fingerprint density at radius 3 is 2.68 bits per heavy atom.